The van der Waals surface area contributed by atoms with Crippen molar-refractivity contribution in [2.24, 2.45) is 7.05 Å². The highest BCUT2D eigenvalue weighted by Gasteiger charge is 2.15. The third kappa shape index (κ3) is 2.92. The average molecular weight is 294 g/mol. The van der Waals surface area contributed by atoms with Gasteiger partial charge in [0.25, 0.3) is 5.56 Å². The summed E-state index contributed by atoms with van der Waals surface area (Å²) >= 11 is 0. The van der Waals surface area contributed by atoms with E-state index < -0.39 is 6.10 Å². The molecule has 0 bridgehead atoms. The minimum atomic E-state index is -0.432. The zero-order chi connectivity index (χ0) is 15.6. The number of aliphatic hydroxyl groups excluding tert-OH is 1. The van der Waals surface area contributed by atoms with Crippen molar-refractivity contribution in [1.29, 1.82) is 0 Å². The van der Waals surface area contributed by atoms with Gasteiger partial charge in [-0.2, -0.15) is 0 Å². The van der Waals surface area contributed by atoms with E-state index in [-0.39, 0.29) is 11.2 Å². The molecule has 1 N–H and O–H groups in total. The standard InChI is InChI=1S/C14H22N4O3/c1-4-7-17-9-15-12-11(17)13(20)18(14(21)16(12)3)8-5-6-10(2)19/h9-10,19H,4-8H2,1-3H3/t10-/m0/s1. The van der Waals surface area contributed by atoms with E-state index in [0.29, 0.717) is 37.1 Å². The first-order chi connectivity index (χ1) is 9.97. The molecule has 0 spiro atoms. The van der Waals surface area contributed by atoms with Crippen LogP contribution in [0.1, 0.15) is 33.1 Å². The number of hydrogen-bond donors (Lipinski definition) is 1. The Bertz CT molecular complexity index is 739. The van der Waals surface area contributed by atoms with Gasteiger partial charge in [-0.1, -0.05) is 6.92 Å². The van der Waals surface area contributed by atoms with E-state index in [1.807, 2.05) is 6.92 Å². The van der Waals surface area contributed by atoms with Crippen LogP contribution in [0.15, 0.2) is 15.9 Å². The van der Waals surface area contributed by atoms with Gasteiger partial charge in [0.15, 0.2) is 11.2 Å². The maximum Gasteiger partial charge on any atom is 0.332 e. The van der Waals surface area contributed by atoms with E-state index in [1.54, 1.807) is 24.9 Å². The third-order valence-electron chi connectivity index (χ3n) is 3.57. The molecule has 1 atom stereocenters. The largest absolute Gasteiger partial charge is 0.393 e. The minimum Gasteiger partial charge on any atom is -0.393 e. The number of nitrogens with zero attached hydrogens (tertiary/aromatic N) is 4. The fourth-order valence-electron chi connectivity index (χ4n) is 2.47. The fourth-order valence-corrected chi connectivity index (χ4v) is 2.47. The lowest BCUT2D eigenvalue weighted by Gasteiger charge is -2.10. The molecular formula is C14H22N4O3. The second-order valence-electron chi connectivity index (χ2n) is 5.40. The summed E-state index contributed by atoms with van der Waals surface area (Å²) in [5.74, 6) is 0. The Hall–Kier alpha value is -1.89. The van der Waals surface area contributed by atoms with Gasteiger partial charge >= 0.3 is 5.69 Å². The van der Waals surface area contributed by atoms with Gasteiger partial charge in [0.2, 0.25) is 0 Å². The third-order valence-corrected chi connectivity index (χ3v) is 3.57. The summed E-state index contributed by atoms with van der Waals surface area (Å²) in [5.41, 5.74) is 0.228. The molecular weight excluding hydrogens is 272 g/mol. The Morgan fingerprint density at radius 3 is 2.67 bits per heavy atom. The lowest BCUT2D eigenvalue weighted by Crippen LogP contribution is -2.39. The predicted molar refractivity (Wildman–Crippen MR) is 80.4 cm³/mol. The summed E-state index contributed by atoms with van der Waals surface area (Å²) in [5, 5.41) is 9.29. The second-order valence-corrected chi connectivity index (χ2v) is 5.40. The molecule has 0 unspecified atom stereocenters. The molecule has 116 valence electrons. The molecule has 0 amide bonds. The fraction of sp³-hybridized carbons (Fsp3) is 0.643. The summed E-state index contributed by atoms with van der Waals surface area (Å²) in [4.78, 5) is 29.0. The van der Waals surface area contributed by atoms with Gasteiger partial charge in [-0.15, -0.1) is 0 Å². The van der Waals surface area contributed by atoms with E-state index in [9.17, 15) is 14.7 Å². The number of hydrogen-bond acceptors (Lipinski definition) is 4. The van der Waals surface area contributed by atoms with Crippen molar-refractivity contribution in [3.8, 4) is 0 Å². The van der Waals surface area contributed by atoms with Crippen LogP contribution in [0, 0.1) is 0 Å². The summed E-state index contributed by atoms with van der Waals surface area (Å²) in [6.45, 7) is 4.72. The topological polar surface area (TPSA) is 82.1 Å². The van der Waals surface area contributed by atoms with Crippen LogP contribution in [0.2, 0.25) is 0 Å². The molecule has 0 fully saturated rings. The van der Waals surface area contributed by atoms with Gasteiger partial charge in [0.05, 0.1) is 12.4 Å². The number of imidazole rings is 1. The normalized spacial score (nSPS) is 13.0. The quantitative estimate of drug-likeness (QED) is 0.839. The SMILES string of the molecule is CCCn1cnc2c1c(=O)n(CCC[C@H](C)O)c(=O)n2C. The van der Waals surface area contributed by atoms with Crippen molar-refractivity contribution < 1.29 is 5.11 Å². The Morgan fingerprint density at radius 1 is 1.33 bits per heavy atom. The van der Waals surface area contributed by atoms with Gasteiger partial charge in [0, 0.05) is 20.1 Å². The molecule has 0 saturated carbocycles. The van der Waals surface area contributed by atoms with Crippen LogP contribution in [0.5, 0.6) is 0 Å². The van der Waals surface area contributed by atoms with Gasteiger partial charge in [-0.3, -0.25) is 13.9 Å². The number of fused-ring (bicyclic) bond motifs is 1. The van der Waals surface area contributed by atoms with Crippen molar-refractivity contribution in [1.82, 2.24) is 18.7 Å². The molecule has 0 aliphatic heterocycles. The first kappa shape index (κ1) is 15.5. The molecule has 0 radical (unpaired) electrons. The molecule has 0 saturated heterocycles. The van der Waals surface area contributed by atoms with E-state index >= 15 is 0 Å². The molecule has 2 aromatic heterocycles. The highest BCUT2D eigenvalue weighted by Crippen LogP contribution is 2.07. The zero-order valence-corrected chi connectivity index (χ0v) is 12.7. The first-order valence-corrected chi connectivity index (χ1v) is 7.30. The lowest BCUT2D eigenvalue weighted by atomic mass is 10.2. The summed E-state index contributed by atoms with van der Waals surface area (Å²) in [6.07, 6.45) is 3.20. The maximum atomic E-state index is 12.6. The minimum absolute atomic E-state index is 0.301. The van der Waals surface area contributed by atoms with Crippen molar-refractivity contribution in [3.05, 3.63) is 27.2 Å². The molecule has 0 aliphatic carbocycles. The molecule has 21 heavy (non-hydrogen) atoms. The Balaban J connectivity index is 2.52. The number of aliphatic hydroxyl groups is 1. The summed E-state index contributed by atoms with van der Waals surface area (Å²) in [6, 6.07) is 0. The van der Waals surface area contributed by atoms with E-state index in [2.05, 4.69) is 4.98 Å². The van der Waals surface area contributed by atoms with E-state index in [0.717, 1.165) is 6.42 Å². The van der Waals surface area contributed by atoms with Crippen LogP contribution in [-0.4, -0.2) is 29.9 Å². The Kier molecular flexibility index (Phi) is 4.62. The van der Waals surface area contributed by atoms with Crippen LogP contribution in [0.4, 0.5) is 0 Å². The van der Waals surface area contributed by atoms with Crippen LogP contribution in [0.25, 0.3) is 11.2 Å². The van der Waals surface area contributed by atoms with E-state index in [4.69, 9.17) is 0 Å². The molecule has 0 aromatic carbocycles. The first-order valence-electron chi connectivity index (χ1n) is 7.30. The van der Waals surface area contributed by atoms with Crippen molar-refractivity contribution in [2.45, 2.75) is 52.3 Å². The van der Waals surface area contributed by atoms with Crippen LogP contribution in [-0.2, 0) is 20.1 Å². The highest BCUT2D eigenvalue weighted by atomic mass is 16.3. The van der Waals surface area contributed by atoms with Crippen molar-refractivity contribution in [3.63, 3.8) is 0 Å². The van der Waals surface area contributed by atoms with Gasteiger partial charge < -0.3 is 9.67 Å². The van der Waals surface area contributed by atoms with Crippen LogP contribution < -0.4 is 11.2 Å². The predicted octanol–water partition coefficient (Wildman–Crippen LogP) is 0.468. The average Bonchev–Trinajstić information content (AvgIpc) is 2.84. The van der Waals surface area contributed by atoms with Crippen molar-refractivity contribution in [2.75, 3.05) is 0 Å². The van der Waals surface area contributed by atoms with Gasteiger partial charge in [0.1, 0.15) is 0 Å². The van der Waals surface area contributed by atoms with Crippen molar-refractivity contribution >= 4 is 11.2 Å². The smallest absolute Gasteiger partial charge is 0.332 e. The summed E-state index contributed by atoms with van der Waals surface area (Å²) in [7, 11) is 1.62. The summed E-state index contributed by atoms with van der Waals surface area (Å²) < 4.78 is 4.44. The molecule has 2 heterocycles. The maximum absolute atomic E-state index is 12.6. The lowest BCUT2D eigenvalue weighted by molar-refractivity contribution is 0.179. The molecule has 7 heteroatoms. The molecule has 7 nitrogen and oxygen atoms in total. The Labute approximate surface area is 122 Å². The highest BCUT2D eigenvalue weighted by molar-refractivity contribution is 5.69. The van der Waals surface area contributed by atoms with E-state index in [1.165, 1.54) is 9.13 Å². The van der Waals surface area contributed by atoms with Gasteiger partial charge in [-0.25, -0.2) is 9.78 Å². The van der Waals surface area contributed by atoms with Crippen LogP contribution in [0.3, 0.4) is 0 Å². The molecule has 2 rings (SSSR count). The van der Waals surface area contributed by atoms with Crippen LogP contribution >= 0.6 is 0 Å². The van der Waals surface area contributed by atoms with Gasteiger partial charge in [-0.05, 0) is 26.2 Å². The number of aryl methyl sites for hydroxylation is 2. The number of aromatic nitrogens is 4. The zero-order valence-electron chi connectivity index (χ0n) is 12.7. The monoisotopic (exact) mass is 294 g/mol. The second kappa shape index (κ2) is 6.26. The molecule has 0 aliphatic rings. The number of rotatable bonds is 6. The Morgan fingerprint density at radius 2 is 2.05 bits per heavy atom. The molecule has 2 aromatic rings.